The highest BCUT2D eigenvalue weighted by Gasteiger charge is 2.51. The zero-order valence-corrected chi connectivity index (χ0v) is 25.2. The summed E-state index contributed by atoms with van der Waals surface area (Å²) in [5.41, 5.74) is 4.51. The van der Waals surface area contributed by atoms with E-state index in [-0.39, 0.29) is 56.2 Å². The molecule has 4 aromatic rings. The van der Waals surface area contributed by atoms with Crippen LogP contribution in [0.4, 0.5) is 4.79 Å². The molecule has 10 heteroatoms. The number of aryl methyl sites for hydroxylation is 1. The van der Waals surface area contributed by atoms with E-state index in [1.807, 2.05) is 61.5 Å². The standard InChI is InChI=1S/C35H36N6O4/c1-3-18-39-23-32(43)40-30(19-25-12-15-28(42)16-13-25)34(44)38(21-27-14-11-24(2)29-10-7-17-36-33(27)29)22-31(40)41(39)35(45)37-20-26-8-5-4-6-9-26/h3-17,30-31,42H,1,18-23H2,2H3,(H,37,45)/t30-,31-/m0/s1. The number of phenols is 1. The Kier molecular flexibility index (Phi) is 8.48. The van der Waals surface area contributed by atoms with Gasteiger partial charge in [0.05, 0.1) is 18.6 Å². The number of aromatic nitrogens is 1. The van der Waals surface area contributed by atoms with Crippen LogP contribution in [0.3, 0.4) is 0 Å². The second kappa shape index (κ2) is 12.8. The predicted octanol–water partition coefficient (Wildman–Crippen LogP) is 3.99. The molecule has 6 rings (SSSR count). The van der Waals surface area contributed by atoms with Crippen molar-refractivity contribution in [1.29, 1.82) is 0 Å². The molecule has 45 heavy (non-hydrogen) atoms. The zero-order chi connectivity index (χ0) is 31.5. The van der Waals surface area contributed by atoms with E-state index in [4.69, 9.17) is 0 Å². The average molecular weight is 605 g/mol. The Balaban J connectivity index is 1.38. The molecule has 0 bridgehead atoms. The number of nitrogens with one attached hydrogen (secondary N) is 1. The van der Waals surface area contributed by atoms with Crippen molar-refractivity contribution in [2.45, 2.75) is 38.6 Å². The van der Waals surface area contributed by atoms with Crippen LogP contribution in [-0.4, -0.2) is 79.6 Å². The lowest BCUT2D eigenvalue weighted by Gasteiger charge is -2.55. The molecule has 2 saturated heterocycles. The second-order valence-corrected chi connectivity index (χ2v) is 11.5. The average Bonchev–Trinajstić information content (AvgIpc) is 3.05. The molecule has 4 amide bonds. The number of benzene rings is 3. The second-order valence-electron chi connectivity index (χ2n) is 11.5. The fourth-order valence-corrected chi connectivity index (χ4v) is 6.26. The van der Waals surface area contributed by atoms with E-state index in [2.05, 4.69) is 16.9 Å². The van der Waals surface area contributed by atoms with E-state index in [9.17, 15) is 19.5 Å². The first-order valence-electron chi connectivity index (χ1n) is 15.0. The summed E-state index contributed by atoms with van der Waals surface area (Å²) in [4.78, 5) is 50.0. The van der Waals surface area contributed by atoms with Crippen molar-refractivity contribution in [2.75, 3.05) is 19.6 Å². The monoisotopic (exact) mass is 604 g/mol. The summed E-state index contributed by atoms with van der Waals surface area (Å²) in [6.07, 6.45) is 2.87. The Bertz CT molecular complexity index is 1730. The van der Waals surface area contributed by atoms with E-state index in [0.717, 1.165) is 33.2 Å². The minimum absolute atomic E-state index is 0.0762. The molecule has 0 spiro atoms. The van der Waals surface area contributed by atoms with Crippen LogP contribution in [0, 0.1) is 6.92 Å². The maximum atomic E-state index is 14.3. The summed E-state index contributed by atoms with van der Waals surface area (Å²) < 4.78 is 0. The van der Waals surface area contributed by atoms with Crippen LogP contribution in [-0.2, 0) is 29.1 Å². The summed E-state index contributed by atoms with van der Waals surface area (Å²) in [5.74, 6) is -0.338. The third-order valence-corrected chi connectivity index (χ3v) is 8.46. The number of nitrogens with zero attached hydrogens (tertiary/aromatic N) is 5. The molecule has 10 nitrogen and oxygen atoms in total. The van der Waals surface area contributed by atoms with Crippen molar-refractivity contribution in [2.24, 2.45) is 0 Å². The Morgan fingerprint density at radius 3 is 2.56 bits per heavy atom. The number of urea groups is 1. The molecule has 2 aliphatic rings. The summed E-state index contributed by atoms with van der Waals surface area (Å²) >= 11 is 0. The molecule has 2 N–H and O–H groups in total. The van der Waals surface area contributed by atoms with E-state index < -0.39 is 12.2 Å². The first-order valence-corrected chi connectivity index (χ1v) is 15.0. The molecular weight excluding hydrogens is 568 g/mol. The maximum Gasteiger partial charge on any atom is 0.334 e. The van der Waals surface area contributed by atoms with Crippen molar-refractivity contribution in [3.8, 4) is 5.75 Å². The van der Waals surface area contributed by atoms with Crippen molar-refractivity contribution >= 4 is 28.7 Å². The third kappa shape index (κ3) is 6.09. The summed E-state index contributed by atoms with van der Waals surface area (Å²) in [6, 6.07) is 22.9. The normalized spacial score (nSPS) is 18.6. The Morgan fingerprint density at radius 1 is 1.02 bits per heavy atom. The van der Waals surface area contributed by atoms with Gasteiger partial charge in [0.15, 0.2) is 0 Å². The number of phenolic OH excluding ortho intramolecular Hbond substituents is 1. The number of carbonyl (C=O) groups excluding carboxylic acids is 3. The van der Waals surface area contributed by atoms with Crippen molar-refractivity contribution in [3.05, 3.63) is 120 Å². The molecule has 2 aliphatic heterocycles. The topological polar surface area (TPSA) is 109 Å². The fourth-order valence-electron chi connectivity index (χ4n) is 6.26. The first-order chi connectivity index (χ1) is 21.8. The molecule has 0 aliphatic carbocycles. The molecule has 2 atom stereocenters. The van der Waals surface area contributed by atoms with Crippen LogP contribution in [0.2, 0.25) is 0 Å². The van der Waals surface area contributed by atoms with E-state index in [0.29, 0.717) is 6.54 Å². The minimum Gasteiger partial charge on any atom is -0.508 e. The number of pyridine rings is 1. The van der Waals surface area contributed by atoms with Gasteiger partial charge in [-0.15, -0.1) is 6.58 Å². The van der Waals surface area contributed by atoms with E-state index in [1.54, 1.807) is 56.4 Å². The summed E-state index contributed by atoms with van der Waals surface area (Å²) in [5, 5.41) is 17.1. The predicted molar refractivity (Wildman–Crippen MR) is 170 cm³/mol. The SMILES string of the molecule is C=CCN1CC(=O)N2[C@@H](Cc3ccc(O)cc3)C(=O)N(Cc3ccc(C)c4cccnc34)C[C@@H]2N1C(=O)NCc1ccccc1. The van der Waals surface area contributed by atoms with E-state index >= 15 is 0 Å². The van der Waals surface area contributed by atoms with Crippen molar-refractivity contribution < 1.29 is 19.5 Å². The van der Waals surface area contributed by atoms with Crippen molar-refractivity contribution in [1.82, 2.24) is 30.1 Å². The Morgan fingerprint density at radius 2 is 1.80 bits per heavy atom. The van der Waals surface area contributed by atoms with Gasteiger partial charge in [0.1, 0.15) is 18.0 Å². The molecule has 0 radical (unpaired) electrons. The quantitative estimate of drug-likeness (QED) is 0.295. The van der Waals surface area contributed by atoms with Gasteiger partial charge in [-0.05, 0) is 47.4 Å². The molecule has 1 aromatic heterocycles. The van der Waals surface area contributed by atoms with Crippen LogP contribution in [0.15, 0.2) is 97.7 Å². The molecule has 3 heterocycles. The minimum atomic E-state index is -0.860. The maximum absolute atomic E-state index is 14.3. The number of hydrazine groups is 1. The molecule has 0 unspecified atom stereocenters. The number of fused-ring (bicyclic) bond motifs is 2. The number of piperazine rings is 1. The lowest BCUT2D eigenvalue weighted by molar-refractivity contribution is -0.189. The molecule has 2 fully saturated rings. The van der Waals surface area contributed by atoms with Crippen molar-refractivity contribution in [3.63, 3.8) is 0 Å². The fraction of sp³-hybridized carbons (Fsp3) is 0.257. The van der Waals surface area contributed by atoms with Crippen LogP contribution >= 0.6 is 0 Å². The molecule has 0 saturated carbocycles. The number of aromatic hydroxyl groups is 1. The lowest BCUT2D eigenvalue weighted by atomic mass is 9.97. The smallest absolute Gasteiger partial charge is 0.334 e. The van der Waals surface area contributed by atoms with Crippen LogP contribution < -0.4 is 5.32 Å². The first kappa shape index (κ1) is 29.8. The van der Waals surface area contributed by atoms with Gasteiger partial charge in [-0.1, -0.05) is 66.7 Å². The Labute approximate surface area is 262 Å². The van der Waals surface area contributed by atoms with Crippen LogP contribution in [0.5, 0.6) is 5.75 Å². The number of rotatable bonds is 8. The third-order valence-electron chi connectivity index (χ3n) is 8.46. The summed E-state index contributed by atoms with van der Waals surface area (Å²) in [7, 11) is 0. The number of hydrogen-bond acceptors (Lipinski definition) is 6. The van der Waals surface area contributed by atoms with Gasteiger partial charge in [-0.3, -0.25) is 14.6 Å². The van der Waals surface area contributed by atoms with Gasteiger partial charge < -0.3 is 20.2 Å². The van der Waals surface area contributed by atoms with Gasteiger partial charge in [-0.2, -0.15) is 0 Å². The van der Waals surface area contributed by atoms with Gasteiger partial charge in [0, 0.05) is 37.6 Å². The number of carbonyl (C=O) groups is 3. The highest BCUT2D eigenvalue weighted by molar-refractivity contribution is 5.92. The van der Waals surface area contributed by atoms with E-state index in [1.165, 1.54) is 0 Å². The zero-order valence-electron chi connectivity index (χ0n) is 25.2. The van der Waals surface area contributed by atoms with Gasteiger partial charge >= 0.3 is 6.03 Å². The number of hydrogen-bond donors (Lipinski definition) is 2. The largest absolute Gasteiger partial charge is 0.508 e. The molecule has 3 aromatic carbocycles. The highest BCUT2D eigenvalue weighted by Crippen LogP contribution is 2.31. The van der Waals surface area contributed by atoms with Crippen LogP contribution in [0.25, 0.3) is 10.9 Å². The van der Waals surface area contributed by atoms with Gasteiger partial charge in [0.25, 0.3) is 0 Å². The molecular formula is C35H36N6O4. The highest BCUT2D eigenvalue weighted by atomic mass is 16.3. The molecule has 230 valence electrons. The lowest BCUT2D eigenvalue weighted by Crippen LogP contribution is -2.76. The Hall–Kier alpha value is -5.22. The van der Waals surface area contributed by atoms with Gasteiger partial charge in [0.2, 0.25) is 11.8 Å². The summed E-state index contributed by atoms with van der Waals surface area (Å²) in [6.45, 7) is 6.76. The number of amides is 4. The van der Waals surface area contributed by atoms with Gasteiger partial charge in [-0.25, -0.2) is 14.8 Å². The van der Waals surface area contributed by atoms with Crippen LogP contribution in [0.1, 0.15) is 22.3 Å².